The lowest BCUT2D eigenvalue weighted by Gasteiger charge is -1.97. The highest BCUT2D eigenvalue weighted by Gasteiger charge is 2.08. The fourth-order valence-corrected chi connectivity index (χ4v) is 1.15. The van der Waals surface area contributed by atoms with Crippen LogP contribution in [0.15, 0.2) is 24.3 Å². The van der Waals surface area contributed by atoms with E-state index in [0.29, 0.717) is 0 Å². The number of rotatable bonds is 4. The Bertz CT molecular complexity index is 471. The van der Waals surface area contributed by atoms with E-state index in [-0.39, 0.29) is 17.9 Å². The molecule has 0 heterocycles. The molecule has 0 atom stereocenters. The van der Waals surface area contributed by atoms with Crippen molar-refractivity contribution in [1.82, 2.24) is 0 Å². The van der Waals surface area contributed by atoms with Crippen molar-refractivity contribution in [3.63, 3.8) is 0 Å². The highest BCUT2D eigenvalue weighted by Crippen LogP contribution is 2.17. The lowest BCUT2D eigenvalue weighted by Crippen LogP contribution is -1.98. The van der Waals surface area contributed by atoms with Gasteiger partial charge in [0.1, 0.15) is 5.82 Å². The van der Waals surface area contributed by atoms with Gasteiger partial charge in [0.05, 0.1) is 17.6 Å². The smallest absolute Gasteiger partial charge is 0.330 e. The van der Waals surface area contributed by atoms with Crippen LogP contribution in [0.3, 0.4) is 0 Å². The number of halogens is 1. The molecule has 0 amide bonds. The molecule has 0 spiro atoms. The zero-order valence-corrected chi connectivity index (χ0v) is 9.05. The molecule has 0 N–H and O–H groups in total. The molecule has 5 nitrogen and oxygen atoms in total. The van der Waals surface area contributed by atoms with Crippen LogP contribution in [0.5, 0.6) is 0 Å². The van der Waals surface area contributed by atoms with Crippen molar-refractivity contribution in [2.24, 2.45) is 0 Å². The molecule has 0 aliphatic rings. The van der Waals surface area contributed by atoms with Crippen molar-refractivity contribution in [2.75, 3.05) is 6.61 Å². The molecule has 1 aromatic rings. The Kier molecular flexibility index (Phi) is 4.33. The first-order valence-corrected chi connectivity index (χ1v) is 4.82. The second kappa shape index (κ2) is 5.74. The minimum Gasteiger partial charge on any atom is -0.463 e. The molecular weight excluding hydrogens is 229 g/mol. The van der Waals surface area contributed by atoms with Gasteiger partial charge in [0.2, 0.25) is 0 Å². The molecule has 0 bridgehead atoms. The van der Waals surface area contributed by atoms with Gasteiger partial charge in [0.25, 0.3) is 5.69 Å². The van der Waals surface area contributed by atoms with Crippen LogP contribution < -0.4 is 0 Å². The van der Waals surface area contributed by atoms with Gasteiger partial charge >= 0.3 is 5.97 Å². The van der Waals surface area contributed by atoms with Crippen molar-refractivity contribution in [3.8, 4) is 0 Å². The first-order chi connectivity index (χ1) is 8.02. The van der Waals surface area contributed by atoms with Gasteiger partial charge < -0.3 is 4.74 Å². The van der Waals surface area contributed by atoms with Crippen LogP contribution in [-0.4, -0.2) is 17.5 Å². The largest absolute Gasteiger partial charge is 0.463 e. The van der Waals surface area contributed by atoms with Gasteiger partial charge in [-0.3, -0.25) is 10.1 Å². The lowest BCUT2D eigenvalue weighted by molar-refractivity contribution is -0.385. The summed E-state index contributed by atoms with van der Waals surface area (Å²) in [5.41, 5.74) is -0.140. The third kappa shape index (κ3) is 4.02. The minimum atomic E-state index is -0.734. The number of nitro groups is 1. The maximum absolute atomic E-state index is 13.0. The Morgan fingerprint density at radius 1 is 1.53 bits per heavy atom. The Morgan fingerprint density at radius 3 is 2.82 bits per heavy atom. The van der Waals surface area contributed by atoms with Crippen LogP contribution in [0.25, 0.3) is 6.08 Å². The molecule has 0 aromatic heterocycles. The van der Waals surface area contributed by atoms with Gasteiger partial charge in [-0.2, -0.15) is 0 Å². The number of benzene rings is 1. The summed E-state index contributed by atoms with van der Waals surface area (Å²) in [4.78, 5) is 20.7. The normalized spacial score (nSPS) is 10.5. The van der Waals surface area contributed by atoms with Crippen molar-refractivity contribution in [3.05, 3.63) is 45.8 Å². The monoisotopic (exact) mass is 239 g/mol. The van der Waals surface area contributed by atoms with Gasteiger partial charge in [0, 0.05) is 12.1 Å². The second-order valence-corrected chi connectivity index (χ2v) is 3.09. The fraction of sp³-hybridized carbons (Fsp3) is 0.182. The highest BCUT2D eigenvalue weighted by molar-refractivity contribution is 5.87. The predicted molar refractivity (Wildman–Crippen MR) is 58.7 cm³/mol. The average molecular weight is 239 g/mol. The van der Waals surface area contributed by atoms with Crippen molar-refractivity contribution in [2.45, 2.75) is 6.92 Å². The third-order valence-corrected chi connectivity index (χ3v) is 1.81. The number of ether oxygens (including phenoxy) is 1. The van der Waals surface area contributed by atoms with E-state index in [1.165, 1.54) is 12.1 Å². The number of carbonyl (C=O) groups is 1. The standard InChI is InChI=1S/C11H10FNO4/c1-2-17-11(14)4-3-8-5-9(12)7-10(6-8)13(15)16/h3-7H,2H2,1H3. The molecule has 1 aromatic carbocycles. The minimum absolute atomic E-state index is 0.227. The molecule has 1 rings (SSSR count). The van der Waals surface area contributed by atoms with Gasteiger partial charge in [-0.15, -0.1) is 0 Å². The molecule has 0 aliphatic heterocycles. The van der Waals surface area contributed by atoms with E-state index >= 15 is 0 Å². The summed E-state index contributed by atoms with van der Waals surface area (Å²) >= 11 is 0. The van der Waals surface area contributed by atoms with E-state index in [0.717, 1.165) is 18.2 Å². The quantitative estimate of drug-likeness (QED) is 0.350. The van der Waals surface area contributed by atoms with Crippen molar-refractivity contribution < 1.29 is 18.8 Å². The van der Waals surface area contributed by atoms with Gasteiger partial charge in [-0.1, -0.05) is 0 Å². The second-order valence-electron chi connectivity index (χ2n) is 3.09. The predicted octanol–water partition coefficient (Wildman–Crippen LogP) is 2.31. The van der Waals surface area contributed by atoms with Crippen molar-refractivity contribution in [1.29, 1.82) is 0 Å². The fourth-order valence-electron chi connectivity index (χ4n) is 1.15. The highest BCUT2D eigenvalue weighted by atomic mass is 19.1. The zero-order chi connectivity index (χ0) is 12.8. The molecular formula is C11H10FNO4. The Hall–Kier alpha value is -2.24. The van der Waals surface area contributed by atoms with E-state index in [1.807, 2.05) is 0 Å². The summed E-state index contributed by atoms with van der Waals surface area (Å²) in [5, 5.41) is 10.5. The number of non-ortho nitro benzene ring substituents is 1. The van der Waals surface area contributed by atoms with E-state index in [9.17, 15) is 19.3 Å². The van der Waals surface area contributed by atoms with Crippen LogP contribution >= 0.6 is 0 Å². The van der Waals surface area contributed by atoms with Crippen molar-refractivity contribution >= 4 is 17.7 Å². The zero-order valence-electron chi connectivity index (χ0n) is 9.05. The molecule has 0 aliphatic carbocycles. The number of hydrogen-bond donors (Lipinski definition) is 0. The van der Waals surface area contributed by atoms with Gasteiger partial charge in [-0.05, 0) is 24.6 Å². The first-order valence-electron chi connectivity index (χ1n) is 4.82. The topological polar surface area (TPSA) is 69.4 Å². The Morgan fingerprint density at radius 2 is 2.24 bits per heavy atom. The van der Waals surface area contributed by atoms with Crippen LogP contribution in [-0.2, 0) is 9.53 Å². The number of nitro benzene ring substituents is 1. The summed E-state index contributed by atoms with van der Waals surface area (Å²) in [6, 6.07) is 3.06. The molecule has 90 valence electrons. The molecule has 0 fully saturated rings. The molecule has 17 heavy (non-hydrogen) atoms. The van der Waals surface area contributed by atoms with Gasteiger partial charge in [-0.25, -0.2) is 9.18 Å². The SMILES string of the molecule is CCOC(=O)C=Cc1cc(F)cc([N+](=O)[O-])c1. The third-order valence-electron chi connectivity index (χ3n) is 1.81. The Labute approximate surface area is 96.7 Å². The summed E-state index contributed by atoms with van der Waals surface area (Å²) < 4.78 is 17.6. The maximum Gasteiger partial charge on any atom is 0.330 e. The van der Waals surface area contributed by atoms with Crippen LogP contribution in [0.4, 0.5) is 10.1 Å². The Balaban J connectivity index is 2.91. The summed E-state index contributed by atoms with van der Waals surface area (Å²) in [6.45, 7) is 1.88. The first kappa shape index (κ1) is 12.8. The molecule has 0 unspecified atom stereocenters. The number of nitrogens with zero attached hydrogens (tertiary/aromatic N) is 1. The van der Waals surface area contributed by atoms with Gasteiger partial charge in [0.15, 0.2) is 0 Å². The average Bonchev–Trinajstić information content (AvgIpc) is 2.26. The molecule has 0 radical (unpaired) electrons. The maximum atomic E-state index is 13.0. The molecule has 0 saturated carbocycles. The summed E-state index contributed by atoms with van der Waals surface area (Å²) in [6.07, 6.45) is 2.34. The lowest BCUT2D eigenvalue weighted by atomic mass is 10.2. The molecule has 6 heteroatoms. The van der Waals surface area contributed by atoms with Crippen LogP contribution in [0, 0.1) is 15.9 Å². The van der Waals surface area contributed by atoms with E-state index in [4.69, 9.17) is 0 Å². The number of hydrogen-bond acceptors (Lipinski definition) is 4. The van der Waals surface area contributed by atoms with E-state index in [2.05, 4.69) is 4.74 Å². The van der Waals surface area contributed by atoms with E-state index < -0.39 is 16.7 Å². The summed E-state index contributed by atoms with van der Waals surface area (Å²) in [7, 11) is 0. The summed E-state index contributed by atoms with van der Waals surface area (Å²) in [5.74, 6) is -1.32. The van der Waals surface area contributed by atoms with Crippen LogP contribution in [0.2, 0.25) is 0 Å². The van der Waals surface area contributed by atoms with Crippen LogP contribution in [0.1, 0.15) is 12.5 Å². The number of esters is 1. The number of carbonyl (C=O) groups excluding carboxylic acids is 1. The molecule has 0 saturated heterocycles. The van der Waals surface area contributed by atoms with E-state index in [1.54, 1.807) is 6.92 Å².